The Hall–Kier alpha value is -5.40. The quantitative estimate of drug-likeness (QED) is 0.110. The predicted molar refractivity (Wildman–Crippen MR) is 188 cm³/mol. The highest BCUT2D eigenvalue weighted by Crippen LogP contribution is 2.37. The molecule has 6 nitrogen and oxygen atoms in total. The summed E-state index contributed by atoms with van der Waals surface area (Å²) in [5.74, 6) is 0.889. The second-order valence-electron chi connectivity index (χ2n) is 10.5. The molecule has 6 aromatic rings. The minimum absolute atomic E-state index is 0.311. The molecule has 0 bridgehead atoms. The van der Waals surface area contributed by atoms with Crippen LogP contribution in [0.15, 0.2) is 149 Å². The van der Waals surface area contributed by atoms with Crippen LogP contribution in [0.2, 0.25) is 0 Å². The van der Waals surface area contributed by atoms with Crippen molar-refractivity contribution in [1.29, 1.82) is 0 Å². The van der Waals surface area contributed by atoms with Crippen LogP contribution < -0.4 is 14.9 Å². The molecule has 0 spiro atoms. The summed E-state index contributed by atoms with van der Waals surface area (Å²) >= 11 is 3.61. The van der Waals surface area contributed by atoms with E-state index in [1.54, 1.807) is 6.21 Å². The first-order valence-corrected chi connectivity index (χ1v) is 15.8. The molecular formula is C39H32BrN3O3. The third-order valence-electron chi connectivity index (χ3n) is 7.35. The lowest BCUT2D eigenvalue weighted by molar-refractivity contribution is 0.0955. The van der Waals surface area contributed by atoms with E-state index in [0.717, 1.165) is 43.8 Å². The van der Waals surface area contributed by atoms with Gasteiger partial charge in [0.25, 0.3) is 5.91 Å². The van der Waals surface area contributed by atoms with Gasteiger partial charge in [-0.3, -0.25) is 4.79 Å². The van der Waals surface area contributed by atoms with Crippen LogP contribution in [0.1, 0.15) is 28.4 Å². The number of nitrogens with one attached hydrogen (secondary N) is 1. The SMILES string of the molecule is CCOc1cc(/C=N\NC(=O)c2ccc(-n3c(-c4ccccc4)ccc3-c3ccccc3)cc2)cc(Br)c1OCc1ccccc1. The summed E-state index contributed by atoms with van der Waals surface area (Å²) in [5, 5.41) is 4.22. The first-order chi connectivity index (χ1) is 22.6. The second kappa shape index (κ2) is 14.6. The van der Waals surface area contributed by atoms with Crippen molar-refractivity contribution in [2.75, 3.05) is 6.61 Å². The molecule has 0 aliphatic carbocycles. The maximum Gasteiger partial charge on any atom is 0.271 e. The van der Waals surface area contributed by atoms with Gasteiger partial charge in [-0.1, -0.05) is 91.0 Å². The molecule has 7 heteroatoms. The number of nitrogens with zero attached hydrogens (tertiary/aromatic N) is 2. The van der Waals surface area contributed by atoms with Gasteiger partial charge >= 0.3 is 0 Å². The topological polar surface area (TPSA) is 64.8 Å². The summed E-state index contributed by atoms with van der Waals surface area (Å²) in [5.41, 5.74) is 10.2. The Balaban J connectivity index is 1.18. The number of carbonyl (C=O) groups excluding carboxylic acids is 1. The molecule has 1 aromatic heterocycles. The number of hydrazone groups is 1. The fourth-order valence-corrected chi connectivity index (χ4v) is 5.74. The van der Waals surface area contributed by atoms with Gasteiger partial charge in [-0.05, 0) is 93.6 Å². The first-order valence-electron chi connectivity index (χ1n) is 15.0. The highest BCUT2D eigenvalue weighted by Gasteiger charge is 2.15. The number of ether oxygens (including phenoxy) is 2. The number of halogens is 1. The van der Waals surface area contributed by atoms with E-state index in [0.29, 0.717) is 30.3 Å². The molecule has 1 heterocycles. The molecule has 0 atom stereocenters. The molecule has 0 unspecified atom stereocenters. The lowest BCUT2D eigenvalue weighted by atomic mass is 10.1. The normalized spacial score (nSPS) is 11.0. The largest absolute Gasteiger partial charge is 0.490 e. The molecule has 0 aliphatic heterocycles. The Bertz CT molecular complexity index is 1880. The van der Waals surface area contributed by atoms with Crippen molar-refractivity contribution in [3.05, 3.63) is 161 Å². The molecule has 0 radical (unpaired) electrons. The molecule has 1 amide bonds. The minimum atomic E-state index is -0.311. The highest BCUT2D eigenvalue weighted by molar-refractivity contribution is 9.10. The molecule has 0 fully saturated rings. The van der Waals surface area contributed by atoms with Gasteiger partial charge in [0.15, 0.2) is 11.5 Å². The summed E-state index contributed by atoms with van der Waals surface area (Å²) in [7, 11) is 0. The molecule has 0 aliphatic rings. The van der Waals surface area contributed by atoms with Crippen molar-refractivity contribution in [3.8, 4) is 39.7 Å². The first kappa shape index (κ1) is 30.6. The Morgan fingerprint density at radius 3 is 1.93 bits per heavy atom. The standard InChI is InChI=1S/C39H32BrN3O3/c1-2-45-37-25-29(24-34(40)38(37)46-27-28-12-6-3-7-13-28)26-41-42-39(44)32-18-20-33(21-19-32)43-35(30-14-8-4-9-15-30)22-23-36(43)31-16-10-5-11-17-31/h3-26H,2,27H2,1H3,(H,42,44)/b41-26-. The number of hydrogen-bond donors (Lipinski definition) is 1. The van der Waals surface area contributed by atoms with Crippen LogP contribution in [-0.4, -0.2) is 23.3 Å². The van der Waals surface area contributed by atoms with Crippen molar-refractivity contribution in [2.45, 2.75) is 13.5 Å². The Morgan fingerprint density at radius 2 is 1.35 bits per heavy atom. The highest BCUT2D eigenvalue weighted by atomic mass is 79.9. The number of rotatable bonds is 11. The van der Waals surface area contributed by atoms with Gasteiger partial charge in [-0.25, -0.2) is 5.43 Å². The molecular weight excluding hydrogens is 638 g/mol. The van der Waals surface area contributed by atoms with Gasteiger partial charge in [0.2, 0.25) is 0 Å². The number of amides is 1. The number of hydrogen-bond acceptors (Lipinski definition) is 4. The Kier molecular flexibility index (Phi) is 9.71. The molecule has 6 rings (SSSR count). The van der Waals surface area contributed by atoms with E-state index in [-0.39, 0.29) is 5.91 Å². The maximum atomic E-state index is 13.0. The van der Waals surface area contributed by atoms with Crippen molar-refractivity contribution in [2.24, 2.45) is 5.10 Å². The van der Waals surface area contributed by atoms with Gasteiger partial charge in [0.1, 0.15) is 6.61 Å². The molecule has 1 N–H and O–H groups in total. The summed E-state index contributed by atoms with van der Waals surface area (Å²) in [6.45, 7) is 2.81. The Morgan fingerprint density at radius 1 is 0.761 bits per heavy atom. The van der Waals surface area contributed by atoms with Gasteiger partial charge in [-0.2, -0.15) is 5.10 Å². The lowest BCUT2D eigenvalue weighted by Gasteiger charge is -2.15. The van der Waals surface area contributed by atoms with E-state index in [1.807, 2.05) is 110 Å². The van der Waals surface area contributed by atoms with Crippen molar-refractivity contribution >= 4 is 28.1 Å². The summed E-state index contributed by atoms with van der Waals surface area (Å²) in [4.78, 5) is 13.0. The fraction of sp³-hybridized carbons (Fsp3) is 0.0769. The zero-order chi connectivity index (χ0) is 31.7. The third kappa shape index (κ3) is 7.11. The minimum Gasteiger partial charge on any atom is -0.490 e. The van der Waals surface area contributed by atoms with E-state index in [1.165, 1.54) is 0 Å². The van der Waals surface area contributed by atoms with Gasteiger partial charge in [0.05, 0.1) is 28.7 Å². The number of carbonyl (C=O) groups is 1. The zero-order valence-electron chi connectivity index (χ0n) is 25.3. The average molecular weight is 671 g/mol. The number of benzene rings is 5. The van der Waals surface area contributed by atoms with Crippen molar-refractivity contribution in [3.63, 3.8) is 0 Å². The van der Waals surface area contributed by atoms with Crippen molar-refractivity contribution < 1.29 is 14.3 Å². The van der Waals surface area contributed by atoms with Crippen LogP contribution in [0.4, 0.5) is 0 Å². The summed E-state index contributed by atoms with van der Waals surface area (Å²) in [6, 6.07) is 46.0. The fourth-order valence-electron chi connectivity index (χ4n) is 5.17. The maximum absolute atomic E-state index is 13.0. The van der Waals surface area contributed by atoms with Gasteiger partial charge < -0.3 is 14.0 Å². The molecule has 228 valence electrons. The molecule has 0 saturated carbocycles. The third-order valence-corrected chi connectivity index (χ3v) is 7.93. The van der Waals surface area contributed by atoms with Crippen molar-refractivity contribution in [1.82, 2.24) is 9.99 Å². The predicted octanol–water partition coefficient (Wildman–Crippen LogP) is 9.32. The van der Waals surface area contributed by atoms with Gasteiger partial charge in [0, 0.05) is 11.3 Å². The molecule has 0 saturated heterocycles. The van der Waals surface area contributed by atoms with Crippen LogP contribution in [0.3, 0.4) is 0 Å². The molecule has 46 heavy (non-hydrogen) atoms. The smallest absolute Gasteiger partial charge is 0.271 e. The average Bonchev–Trinajstić information content (AvgIpc) is 3.55. The van der Waals surface area contributed by atoms with E-state index in [9.17, 15) is 4.79 Å². The lowest BCUT2D eigenvalue weighted by Crippen LogP contribution is -2.17. The number of aromatic nitrogens is 1. The van der Waals surface area contributed by atoms with Crippen LogP contribution >= 0.6 is 15.9 Å². The van der Waals surface area contributed by atoms with Crippen LogP contribution in [0.5, 0.6) is 11.5 Å². The van der Waals surface area contributed by atoms with E-state index in [2.05, 4.69) is 67.4 Å². The van der Waals surface area contributed by atoms with Crippen LogP contribution in [0, 0.1) is 0 Å². The monoisotopic (exact) mass is 669 g/mol. The van der Waals surface area contributed by atoms with E-state index < -0.39 is 0 Å². The molecule has 5 aromatic carbocycles. The van der Waals surface area contributed by atoms with E-state index in [4.69, 9.17) is 9.47 Å². The van der Waals surface area contributed by atoms with Gasteiger partial charge in [-0.15, -0.1) is 0 Å². The summed E-state index contributed by atoms with van der Waals surface area (Å²) in [6.07, 6.45) is 1.58. The Labute approximate surface area is 277 Å². The second-order valence-corrected chi connectivity index (χ2v) is 11.3. The van der Waals surface area contributed by atoms with Crippen LogP contribution in [-0.2, 0) is 6.61 Å². The van der Waals surface area contributed by atoms with Crippen LogP contribution in [0.25, 0.3) is 28.2 Å². The van der Waals surface area contributed by atoms with E-state index >= 15 is 0 Å². The zero-order valence-corrected chi connectivity index (χ0v) is 26.9. The summed E-state index contributed by atoms with van der Waals surface area (Å²) < 4.78 is 14.9.